The third kappa shape index (κ3) is 5.74. The van der Waals surface area contributed by atoms with Gasteiger partial charge < -0.3 is 16.0 Å². The fourth-order valence-corrected chi connectivity index (χ4v) is 3.45. The third-order valence-electron chi connectivity index (χ3n) is 5.13. The number of pyridine rings is 1. The Labute approximate surface area is 178 Å². The molecule has 1 amide bonds. The highest BCUT2D eigenvalue weighted by Gasteiger charge is 2.33. The number of benzene rings is 1. The second-order valence-electron chi connectivity index (χ2n) is 7.51. The summed E-state index contributed by atoms with van der Waals surface area (Å²) in [4.78, 5) is 17.9. The lowest BCUT2D eigenvalue weighted by molar-refractivity contribution is -0.141. The van der Waals surface area contributed by atoms with Gasteiger partial charge in [0, 0.05) is 31.3 Å². The van der Waals surface area contributed by atoms with Crippen LogP contribution in [0.3, 0.4) is 0 Å². The molecule has 0 aliphatic carbocycles. The maximum Gasteiger partial charge on any atom is 0.433 e. The van der Waals surface area contributed by atoms with Gasteiger partial charge in [0.1, 0.15) is 17.3 Å². The number of nitrogen functional groups attached to an aromatic ring is 1. The normalized spacial score (nSPS) is 14.8. The fourth-order valence-electron chi connectivity index (χ4n) is 3.45. The van der Waals surface area contributed by atoms with Gasteiger partial charge in [-0.1, -0.05) is 6.07 Å². The monoisotopic (exact) mass is 436 g/mol. The lowest BCUT2D eigenvalue weighted by atomic mass is 10.1. The van der Waals surface area contributed by atoms with Crippen molar-refractivity contribution in [1.82, 2.24) is 10.3 Å². The van der Waals surface area contributed by atoms with E-state index < -0.39 is 23.6 Å². The first-order valence-corrected chi connectivity index (χ1v) is 9.99. The van der Waals surface area contributed by atoms with E-state index in [4.69, 9.17) is 5.73 Å². The molecule has 1 saturated heterocycles. The molecule has 0 unspecified atom stereocenters. The number of nitrogens with two attached hydrogens (primary N) is 1. The molecule has 3 rings (SSSR count). The highest BCUT2D eigenvalue weighted by Crippen LogP contribution is 2.32. The minimum absolute atomic E-state index is 0.0648. The summed E-state index contributed by atoms with van der Waals surface area (Å²) in [5.74, 6) is -0.795. The van der Waals surface area contributed by atoms with Gasteiger partial charge >= 0.3 is 6.18 Å². The molecule has 0 bridgehead atoms. The van der Waals surface area contributed by atoms with E-state index in [-0.39, 0.29) is 18.1 Å². The van der Waals surface area contributed by atoms with Gasteiger partial charge in [-0.2, -0.15) is 13.2 Å². The molecule has 3 N–H and O–H groups in total. The first-order valence-electron chi connectivity index (χ1n) is 9.99. The van der Waals surface area contributed by atoms with E-state index in [0.717, 1.165) is 25.3 Å². The van der Waals surface area contributed by atoms with E-state index in [9.17, 15) is 22.4 Å². The average Bonchev–Trinajstić information content (AvgIpc) is 2.74. The Hall–Kier alpha value is -3.10. The quantitative estimate of drug-likeness (QED) is 0.413. The first-order chi connectivity index (χ1) is 14.6. The van der Waals surface area contributed by atoms with Crippen LogP contribution < -0.4 is 16.0 Å². The van der Waals surface area contributed by atoms with Gasteiger partial charge in [-0.25, -0.2) is 9.37 Å². The summed E-state index contributed by atoms with van der Waals surface area (Å²) in [6.45, 7) is 2.99. The summed E-state index contributed by atoms with van der Waals surface area (Å²) >= 11 is 0. The predicted octanol–water partition coefficient (Wildman–Crippen LogP) is 4.45. The van der Waals surface area contributed by atoms with E-state index in [0.29, 0.717) is 29.8 Å². The van der Waals surface area contributed by atoms with Crippen molar-refractivity contribution in [2.75, 3.05) is 23.7 Å². The molecule has 9 heteroatoms. The van der Waals surface area contributed by atoms with Crippen LogP contribution in [0.5, 0.6) is 0 Å². The van der Waals surface area contributed by atoms with Crippen molar-refractivity contribution in [3.05, 3.63) is 58.5 Å². The van der Waals surface area contributed by atoms with Crippen LogP contribution in [-0.2, 0) is 17.5 Å². The second kappa shape index (κ2) is 9.36. The lowest BCUT2D eigenvalue weighted by Crippen LogP contribution is -2.31. The molecule has 0 saturated carbocycles. The number of nitrogens with one attached hydrogen (secondary N) is 1. The van der Waals surface area contributed by atoms with E-state index in [1.165, 1.54) is 24.3 Å². The highest BCUT2D eigenvalue weighted by molar-refractivity contribution is 5.92. The second-order valence-corrected chi connectivity index (χ2v) is 7.51. The van der Waals surface area contributed by atoms with Crippen molar-refractivity contribution < 1.29 is 22.4 Å². The van der Waals surface area contributed by atoms with Crippen LogP contribution >= 0.6 is 0 Å². The van der Waals surface area contributed by atoms with Gasteiger partial charge in [-0.05, 0) is 61.6 Å². The summed E-state index contributed by atoms with van der Waals surface area (Å²) in [6.07, 6.45) is 0.905. The van der Waals surface area contributed by atoms with E-state index >= 15 is 0 Å². The molecule has 1 aromatic heterocycles. The minimum Gasteiger partial charge on any atom is -0.396 e. The molecule has 0 radical (unpaired) electrons. The van der Waals surface area contributed by atoms with Crippen LogP contribution in [0.15, 0.2) is 30.3 Å². The minimum atomic E-state index is -4.55. The largest absolute Gasteiger partial charge is 0.433 e. The smallest absolute Gasteiger partial charge is 0.396 e. The Balaban J connectivity index is 1.75. The SMILES string of the molecule is Cc1cc(CNC(=O)/C=C/c2ccc(C(F)(F)F)nc2N2CCCCC2)cc(F)c1N. The van der Waals surface area contributed by atoms with Gasteiger partial charge in [0.15, 0.2) is 0 Å². The molecule has 166 valence electrons. The third-order valence-corrected chi connectivity index (χ3v) is 5.13. The Morgan fingerprint density at radius 2 is 1.94 bits per heavy atom. The molecule has 31 heavy (non-hydrogen) atoms. The Bertz CT molecular complexity index is 959. The molecular formula is C22H24F4N4O. The highest BCUT2D eigenvalue weighted by atomic mass is 19.4. The maximum absolute atomic E-state index is 13.7. The molecule has 1 aromatic carbocycles. The molecule has 1 fully saturated rings. The zero-order chi connectivity index (χ0) is 22.6. The molecular weight excluding hydrogens is 412 g/mol. The molecule has 0 spiro atoms. The standard InChI is InChI=1S/C22H24F4N4O/c1-14-11-15(12-17(23)20(14)27)13-28-19(31)8-6-16-5-7-18(22(24,25)26)29-21(16)30-9-3-2-4-10-30/h5-8,11-12H,2-4,9-10,13,27H2,1H3,(H,28,31)/b8-6+. The average molecular weight is 436 g/mol. The molecule has 1 aliphatic heterocycles. The van der Waals surface area contributed by atoms with Crippen molar-refractivity contribution in [2.24, 2.45) is 0 Å². The summed E-state index contributed by atoms with van der Waals surface area (Å²) < 4.78 is 53.1. The molecule has 0 atom stereocenters. The first kappa shape index (κ1) is 22.6. The van der Waals surface area contributed by atoms with Crippen molar-refractivity contribution in [3.63, 3.8) is 0 Å². The van der Waals surface area contributed by atoms with E-state index in [1.807, 2.05) is 4.90 Å². The number of alkyl halides is 3. The maximum atomic E-state index is 13.7. The summed E-state index contributed by atoms with van der Waals surface area (Å²) in [6, 6.07) is 5.16. The van der Waals surface area contributed by atoms with Crippen LogP contribution in [0.4, 0.5) is 29.1 Å². The summed E-state index contributed by atoms with van der Waals surface area (Å²) in [7, 11) is 0. The van der Waals surface area contributed by atoms with Gasteiger partial charge in [0.05, 0.1) is 5.69 Å². The van der Waals surface area contributed by atoms with Crippen molar-refractivity contribution in [3.8, 4) is 0 Å². The Morgan fingerprint density at radius 1 is 1.23 bits per heavy atom. The van der Waals surface area contributed by atoms with Crippen molar-refractivity contribution in [1.29, 1.82) is 0 Å². The number of halogens is 4. The topological polar surface area (TPSA) is 71.2 Å². The van der Waals surface area contributed by atoms with Crippen LogP contribution in [0.1, 0.15) is 41.6 Å². The van der Waals surface area contributed by atoms with Gasteiger partial charge in [-0.3, -0.25) is 4.79 Å². The Kier molecular flexibility index (Phi) is 6.82. The van der Waals surface area contributed by atoms with Crippen LogP contribution in [0.2, 0.25) is 0 Å². The molecule has 2 aromatic rings. The Morgan fingerprint density at radius 3 is 2.58 bits per heavy atom. The molecule has 5 nitrogen and oxygen atoms in total. The zero-order valence-electron chi connectivity index (χ0n) is 17.1. The number of carbonyl (C=O) groups excluding carboxylic acids is 1. The van der Waals surface area contributed by atoms with Crippen molar-refractivity contribution in [2.45, 2.75) is 38.9 Å². The van der Waals surface area contributed by atoms with Crippen molar-refractivity contribution >= 4 is 23.5 Å². The van der Waals surface area contributed by atoms with Gasteiger partial charge in [-0.15, -0.1) is 0 Å². The number of hydrogen-bond acceptors (Lipinski definition) is 4. The predicted molar refractivity (Wildman–Crippen MR) is 112 cm³/mol. The number of amides is 1. The van der Waals surface area contributed by atoms with Crippen LogP contribution in [0, 0.1) is 12.7 Å². The number of hydrogen-bond donors (Lipinski definition) is 2. The molecule has 1 aliphatic rings. The summed E-state index contributed by atoms with van der Waals surface area (Å²) in [5.41, 5.74) is 6.23. The van der Waals surface area contributed by atoms with Crippen LogP contribution in [-0.4, -0.2) is 24.0 Å². The fraction of sp³-hybridized carbons (Fsp3) is 0.364. The number of nitrogens with zero attached hydrogens (tertiary/aromatic N) is 2. The van der Waals surface area contributed by atoms with Crippen LogP contribution in [0.25, 0.3) is 6.08 Å². The number of aryl methyl sites for hydroxylation is 1. The number of piperidine rings is 1. The van der Waals surface area contributed by atoms with E-state index in [1.54, 1.807) is 13.0 Å². The zero-order valence-corrected chi connectivity index (χ0v) is 17.1. The van der Waals surface area contributed by atoms with Gasteiger partial charge in [0.25, 0.3) is 0 Å². The summed E-state index contributed by atoms with van der Waals surface area (Å²) in [5, 5.41) is 2.63. The van der Waals surface area contributed by atoms with E-state index in [2.05, 4.69) is 10.3 Å². The number of carbonyl (C=O) groups is 1. The number of anilines is 2. The lowest BCUT2D eigenvalue weighted by Gasteiger charge is -2.29. The molecule has 2 heterocycles. The number of aromatic nitrogens is 1. The van der Waals surface area contributed by atoms with Gasteiger partial charge in [0.2, 0.25) is 5.91 Å². The number of rotatable bonds is 5.